The van der Waals surface area contributed by atoms with E-state index in [2.05, 4.69) is 16.0 Å². The first-order valence-electron chi connectivity index (χ1n) is 8.71. The number of aryl methyl sites for hydroxylation is 2. The number of aromatic nitrogens is 2. The molecule has 3 rings (SSSR count). The number of nitrogens with zero attached hydrogens (tertiary/aromatic N) is 2. The van der Waals surface area contributed by atoms with E-state index in [0.29, 0.717) is 35.9 Å². The van der Waals surface area contributed by atoms with Gasteiger partial charge in [-0.1, -0.05) is 25.1 Å². The Hall–Kier alpha value is -3.42. The van der Waals surface area contributed by atoms with Crippen LogP contribution in [0.5, 0.6) is 0 Å². The molecule has 0 unspecified atom stereocenters. The normalized spacial score (nSPS) is 10.7. The fourth-order valence-electron chi connectivity index (χ4n) is 2.71. The second-order valence-corrected chi connectivity index (χ2v) is 6.00. The van der Waals surface area contributed by atoms with Gasteiger partial charge < -0.3 is 4.42 Å². The molecule has 0 spiro atoms. The van der Waals surface area contributed by atoms with Gasteiger partial charge in [0.2, 0.25) is 5.91 Å². The van der Waals surface area contributed by atoms with Gasteiger partial charge in [0.25, 0.3) is 11.5 Å². The van der Waals surface area contributed by atoms with Gasteiger partial charge >= 0.3 is 0 Å². The predicted octanol–water partition coefficient (Wildman–Crippen LogP) is 1.79. The maximum Gasteiger partial charge on any atom is 0.290 e. The van der Waals surface area contributed by atoms with Crippen molar-refractivity contribution in [3.63, 3.8) is 0 Å². The minimum absolute atomic E-state index is 0.0879. The number of furan rings is 1. The van der Waals surface area contributed by atoms with Gasteiger partial charge in [-0.25, -0.2) is 4.68 Å². The fraction of sp³-hybridized carbons (Fsp3) is 0.263. The summed E-state index contributed by atoms with van der Waals surface area (Å²) in [6, 6.07) is 10.3. The van der Waals surface area contributed by atoms with Gasteiger partial charge in [-0.3, -0.25) is 25.2 Å². The van der Waals surface area contributed by atoms with Gasteiger partial charge in [0, 0.05) is 24.8 Å². The fourth-order valence-corrected chi connectivity index (χ4v) is 2.71. The van der Waals surface area contributed by atoms with E-state index >= 15 is 0 Å². The van der Waals surface area contributed by atoms with Crippen molar-refractivity contribution >= 4 is 22.6 Å². The van der Waals surface area contributed by atoms with Gasteiger partial charge in [-0.15, -0.1) is 0 Å². The summed E-state index contributed by atoms with van der Waals surface area (Å²) in [5.74, 6) is -0.246. The van der Waals surface area contributed by atoms with Crippen molar-refractivity contribution in [2.45, 2.75) is 32.7 Å². The first kappa shape index (κ1) is 18.4. The molecule has 0 aliphatic rings. The number of hydrogen-bond donors (Lipinski definition) is 2. The Morgan fingerprint density at radius 2 is 1.89 bits per heavy atom. The molecule has 0 fully saturated rings. The molecular weight excluding hydrogens is 348 g/mol. The van der Waals surface area contributed by atoms with Crippen LogP contribution in [-0.2, 0) is 17.8 Å². The lowest BCUT2D eigenvalue weighted by Gasteiger charge is -2.11. The maximum absolute atomic E-state index is 12.5. The van der Waals surface area contributed by atoms with Crippen LogP contribution in [0.1, 0.15) is 36.0 Å². The molecule has 0 saturated heterocycles. The molecule has 0 radical (unpaired) electrons. The number of nitrogens with one attached hydrogen (secondary N) is 2. The molecule has 0 aliphatic heterocycles. The molecule has 1 aromatic carbocycles. The summed E-state index contributed by atoms with van der Waals surface area (Å²) in [4.78, 5) is 36.9. The average molecular weight is 368 g/mol. The topological polar surface area (TPSA) is 106 Å². The third kappa shape index (κ3) is 4.22. The second-order valence-electron chi connectivity index (χ2n) is 6.00. The molecule has 3 aromatic rings. The Bertz CT molecular complexity index is 1010. The molecule has 27 heavy (non-hydrogen) atoms. The summed E-state index contributed by atoms with van der Waals surface area (Å²) in [5.41, 5.74) is 4.57. The Kier molecular flexibility index (Phi) is 5.65. The van der Waals surface area contributed by atoms with E-state index < -0.39 is 5.91 Å². The molecule has 140 valence electrons. The molecule has 2 heterocycles. The molecular formula is C19H20N4O4. The molecule has 0 bridgehead atoms. The first-order chi connectivity index (χ1) is 13.1. The van der Waals surface area contributed by atoms with Gasteiger partial charge in [-0.2, -0.15) is 5.10 Å². The second kappa shape index (κ2) is 8.31. The lowest BCUT2D eigenvalue weighted by Crippen LogP contribution is -2.42. The molecule has 8 nitrogen and oxygen atoms in total. The van der Waals surface area contributed by atoms with Crippen LogP contribution in [0.4, 0.5) is 0 Å². The van der Waals surface area contributed by atoms with Crippen LogP contribution in [0.15, 0.2) is 51.9 Å². The van der Waals surface area contributed by atoms with Crippen LogP contribution < -0.4 is 16.4 Å². The van der Waals surface area contributed by atoms with Crippen LogP contribution in [-0.4, -0.2) is 21.6 Å². The van der Waals surface area contributed by atoms with Crippen molar-refractivity contribution in [2.24, 2.45) is 0 Å². The van der Waals surface area contributed by atoms with Gasteiger partial charge in [-0.05, 0) is 24.6 Å². The van der Waals surface area contributed by atoms with E-state index in [4.69, 9.17) is 4.42 Å². The largest absolute Gasteiger partial charge is 0.469 e. The van der Waals surface area contributed by atoms with Crippen molar-refractivity contribution < 1.29 is 14.0 Å². The van der Waals surface area contributed by atoms with Crippen LogP contribution >= 0.6 is 0 Å². The summed E-state index contributed by atoms with van der Waals surface area (Å²) in [5, 5.41) is 5.03. The molecule has 0 atom stereocenters. The van der Waals surface area contributed by atoms with Crippen LogP contribution in [0, 0.1) is 0 Å². The summed E-state index contributed by atoms with van der Waals surface area (Å²) < 4.78 is 6.44. The highest BCUT2D eigenvalue weighted by molar-refractivity contribution is 6.05. The van der Waals surface area contributed by atoms with Gasteiger partial charge in [0.05, 0.1) is 11.6 Å². The van der Waals surface area contributed by atoms with Crippen molar-refractivity contribution in [1.82, 2.24) is 20.6 Å². The van der Waals surface area contributed by atoms with E-state index in [0.717, 1.165) is 0 Å². The molecule has 8 heteroatoms. The monoisotopic (exact) mass is 368 g/mol. The average Bonchev–Trinajstić information content (AvgIpc) is 3.20. The smallest absolute Gasteiger partial charge is 0.290 e. The number of rotatable bonds is 6. The quantitative estimate of drug-likeness (QED) is 0.645. The van der Waals surface area contributed by atoms with Gasteiger partial charge in [0.1, 0.15) is 5.76 Å². The molecule has 2 aromatic heterocycles. The Morgan fingerprint density at radius 3 is 2.59 bits per heavy atom. The standard InChI is InChI=1S/C19H20N4O4/c1-2-11-23-19(26)15-8-4-3-7-14(15)17(22-23)18(25)21-20-16(24)10-9-13-6-5-12-27-13/h3-8,12H,2,9-11H2,1H3,(H,20,24)(H,21,25). The van der Waals surface area contributed by atoms with E-state index in [9.17, 15) is 14.4 Å². The third-order valence-corrected chi connectivity index (χ3v) is 4.01. The summed E-state index contributed by atoms with van der Waals surface area (Å²) in [7, 11) is 0. The van der Waals surface area contributed by atoms with Crippen molar-refractivity contribution in [1.29, 1.82) is 0 Å². The highest BCUT2D eigenvalue weighted by atomic mass is 16.3. The molecule has 2 amide bonds. The van der Waals surface area contributed by atoms with Gasteiger partial charge in [0.15, 0.2) is 5.69 Å². The van der Waals surface area contributed by atoms with Crippen LogP contribution in [0.25, 0.3) is 10.8 Å². The predicted molar refractivity (Wildman–Crippen MR) is 98.9 cm³/mol. The first-order valence-corrected chi connectivity index (χ1v) is 8.71. The number of hydrogen-bond acceptors (Lipinski definition) is 5. The summed E-state index contributed by atoms with van der Waals surface area (Å²) >= 11 is 0. The number of benzene rings is 1. The minimum atomic E-state index is -0.581. The number of fused-ring (bicyclic) bond motifs is 1. The third-order valence-electron chi connectivity index (χ3n) is 4.01. The minimum Gasteiger partial charge on any atom is -0.469 e. The number of amides is 2. The Morgan fingerprint density at radius 1 is 1.11 bits per heavy atom. The van der Waals surface area contributed by atoms with Crippen molar-refractivity contribution in [3.05, 3.63) is 64.5 Å². The Balaban J connectivity index is 1.74. The zero-order valence-corrected chi connectivity index (χ0v) is 14.9. The molecule has 0 saturated carbocycles. The highest BCUT2D eigenvalue weighted by Gasteiger charge is 2.17. The van der Waals surface area contributed by atoms with Crippen LogP contribution in [0.2, 0.25) is 0 Å². The van der Waals surface area contributed by atoms with E-state index in [1.165, 1.54) is 10.9 Å². The van der Waals surface area contributed by atoms with Crippen LogP contribution in [0.3, 0.4) is 0 Å². The van der Waals surface area contributed by atoms with Crippen molar-refractivity contribution in [3.8, 4) is 0 Å². The van der Waals surface area contributed by atoms with E-state index in [-0.39, 0.29) is 23.6 Å². The van der Waals surface area contributed by atoms with Crippen molar-refractivity contribution in [2.75, 3.05) is 0 Å². The Labute approximate surface area is 155 Å². The SMILES string of the molecule is CCCn1nc(C(=O)NNC(=O)CCc2ccco2)c2ccccc2c1=O. The number of carbonyl (C=O) groups excluding carboxylic acids is 2. The summed E-state index contributed by atoms with van der Waals surface area (Å²) in [6.45, 7) is 2.32. The van der Waals surface area contributed by atoms with E-state index in [1.807, 2.05) is 6.92 Å². The number of carbonyl (C=O) groups is 2. The highest BCUT2D eigenvalue weighted by Crippen LogP contribution is 2.13. The maximum atomic E-state index is 12.5. The number of hydrazine groups is 1. The zero-order chi connectivity index (χ0) is 19.2. The van der Waals surface area contributed by atoms with E-state index in [1.54, 1.807) is 36.4 Å². The zero-order valence-electron chi connectivity index (χ0n) is 14.9. The lowest BCUT2D eigenvalue weighted by atomic mass is 10.1. The molecule has 0 aliphatic carbocycles. The molecule has 2 N–H and O–H groups in total. The lowest BCUT2D eigenvalue weighted by molar-refractivity contribution is -0.121. The summed E-state index contributed by atoms with van der Waals surface area (Å²) in [6.07, 6.45) is 2.83.